The van der Waals surface area contributed by atoms with Gasteiger partial charge in [0.2, 0.25) is 0 Å². The number of ether oxygens (including phenoxy) is 1. The van der Waals surface area contributed by atoms with Crippen LogP contribution in [0.4, 0.5) is 5.69 Å². The highest BCUT2D eigenvalue weighted by Crippen LogP contribution is 2.39. The molecule has 0 aromatic heterocycles. The van der Waals surface area contributed by atoms with Gasteiger partial charge in [0.25, 0.3) is 0 Å². The number of rotatable bonds is 3. The molecule has 0 heterocycles. The third-order valence-corrected chi connectivity index (χ3v) is 4.28. The highest BCUT2D eigenvalue weighted by atomic mass is 79.9. The highest BCUT2D eigenvalue weighted by Gasteiger charge is 2.47. The van der Waals surface area contributed by atoms with E-state index < -0.39 is 5.54 Å². The van der Waals surface area contributed by atoms with Gasteiger partial charge in [-0.25, -0.2) is 4.79 Å². The van der Waals surface area contributed by atoms with Crippen molar-refractivity contribution in [2.45, 2.75) is 31.7 Å². The van der Waals surface area contributed by atoms with E-state index in [0.717, 1.165) is 29.4 Å². The van der Waals surface area contributed by atoms with Crippen molar-refractivity contribution in [1.82, 2.24) is 0 Å². The van der Waals surface area contributed by atoms with Gasteiger partial charge in [-0.3, -0.25) is 0 Å². The fourth-order valence-electron chi connectivity index (χ4n) is 2.73. The van der Waals surface area contributed by atoms with Crippen molar-refractivity contribution in [2.24, 2.45) is 5.92 Å². The van der Waals surface area contributed by atoms with Gasteiger partial charge in [0.1, 0.15) is 5.54 Å². The Bertz CT molecular complexity index is 449. The second-order valence-electron chi connectivity index (χ2n) is 4.89. The lowest BCUT2D eigenvalue weighted by Gasteiger charge is -2.33. The number of benzene rings is 1. The van der Waals surface area contributed by atoms with Crippen molar-refractivity contribution in [3.63, 3.8) is 0 Å². The van der Waals surface area contributed by atoms with Gasteiger partial charge in [0.05, 0.1) is 7.11 Å². The van der Waals surface area contributed by atoms with Crippen LogP contribution in [0.25, 0.3) is 0 Å². The Morgan fingerprint density at radius 2 is 2.33 bits per heavy atom. The minimum atomic E-state index is -0.574. The molecular weight excluding hydrogens is 294 g/mol. The minimum absolute atomic E-state index is 0.160. The molecule has 1 saturated carbocycles. The second-order valence-corrected chi connectivity index (χ2v) is 5.81. The van der Waals surface area contributed by atoms with Crippen LogP contribution in [-0.2, 0) is 9.53 Å². The number of esters is 1. The van der Waals surface area contributed by atoms with Crippen molar-refractivity contribution >= 4 is 27.6 Å². The zero-order chi connectivity index (χ0) is 13.2. The van der Waals surface area contributed by atoms with Gasteiger partial charge in [-0.15, -0.1) is 0 Å². The summed E-state index contributed by atoms with van der Waals surface area (Å²) in [6, 6.07) is 7.88. The van der Waals surface area contributed by atoms with Gasteiger partial charge in [-0.1, -0.05) is 35.3 Å². The van der Waals surface area contributed by atoms with Crippen molar-refractivity contribution < 1.29 is 9.53 Å². The van der Waals surface area contributed by atoms with E-state index >= 15 is 0 Å². The molecule has 1 fully saturated rings. The lowest BCUT2D eigenvalue weighted by atomic mass is 9.88. The van der Waals surface area contributed by atoms with Crippen LogP contribution in [0.2, 0.25) is 0 Å². The van der Waals surface area contributed by atoms with E-state index in [0.29, 0.717) is 0 Å². The van der Waals surface area contributed by atoms with E-state index in [-0.39, 0.29) is 11.9 Å². The van der Waals surface area contributed by atoms with Gasteiger partial charge in [-0.2, -0.15) is 0 Å². The lowest BCUT2D eigenvalue weighted by Crippen LogP contribution is -2.49. The Kier molecular flexibility index (Phi) is 3.95. The molecule has 0 bridgehead atoms. The molecule has 0 radical (unpaired) electrons. The molecule has 2 atom stereocenters. The molecule has 4 heteroatoms. The maximum atomic E-state index is 12.1. The van der Waals surface area contributed by atoms with E-state index in [1.807, 2.05) is 24.3 Å². The molecule has 1 N–H and O–H groups in total. The maximum Gasteiger partial charge on any atom is 0.331 e. The number of halogens is 1. The standard InChI is InChI=1S/C14H18BrNO2/c1-10-5-4-8-14(10,13(17)18-2)16-12-7-3-6-11(15)9-12/h3,6-7,9-10,16H,4-5,8H2,1-2H3. The van der Waals surface area contributed by atoms with Crippen molar-refractivity contribution in [1.29, 1.82) is 0 Å². The number of hydrogen-bond donors (Lipinski definition) is 1. The molecule has 0 saturated heterocycles. The van der Waals surface area contributed by atoms with E-state index in [9.17, 15) is 4.79 Å². The summed E-state index contributed by atoms with van der Waals surface area (Å²) in [5, 5.41) is 3.39. The fraction of sp³-hybridized carbons (Fsp3) is 0.500. The Morgan fingerprint density at radius 3 is 2.89 bits per heavy atom. The van der Waals surface area contributed by atoms with Crippen LogP contribution in [0.1, 0.15) is 26.2 Å². The lowest BCUT2D eigenvalue weighted by molar-refractivity contribution is -0.147. The van der Waals surface area contributed by atoms with Crippen molar-refractivity contribution in [3.05, 3.63) is 28.7 Å². The van der Waals surface area contributed by atoms with Crippen LogP contribution in [0.3, 0.4) is 0 Å². The molecular formula is C14H18BrNO2. The fourth-order valence-corrected chi connectivity index (χ4v) is 3.13. The van der Waals surface area contributed by atoms with Gasteiger partial charge < -0.3 is 10.1 Å². The second kappa shape index (κ2) is 5.31. The number of hydrogen-bond acceptors (Lipinski definition) is 3. The molecule has 18 heavy (non-hydrogen) atoms. The summed E-state index contributed by atoms with van der Waals surface area (Å²) in [5.41, 5.74) is 0.374. The molecule has 3 nitrogen and oxygen atoms in total. The third-order valence-electron chi connectivity index (χ3n) is 3.79. The van der Waals surface area contributed by atoms with Gasteiger partial charge >= 0.3 is 5.97 Å². The van der Waals surface area contributed by atoms with Crippen molar-refractivity contribution in [2.75, 3.05) is 12.4 Å². The molecule has 0 spiro atoms. The van der Waals surface area contributed by atoms with Crippen LogP contribution in [0, 0.1) is 5.92 Å². The molecule has 98 valence electrons. The smallest absolute Gasteiger partial charge is 0.331 e. The van der Waals surface area contributed by atoms with E-state index in [2.05, 4.69) is 28.2 Å². The topological polar surface area (TPSA) is 38.3 Å². The number of carbonyl (C=O) groups is 1. The molecule has 1 aliphatic carbocycles. The van der Waals surface area contributed by atoms with E-state index in [1.165, 1.54) is 7.11 Å². The Hall–Kier alpha value is -1.03. The van der Waals surface area contributed by atoms with Gasteiger partial charge in [0, 0.05) is 10.2 Å². The number of anilines is 1. The summed E-state index contributed by atoms with van der Waals surface area (Å²) in [7, 11) is 1.46. The number of carbonyl (C=O) groups excluding carboxylic acids is 1. The Labute approximate surface area is 116 Å². The first-order valence-corrected chi connectivity index (χ1v) is 7.00. The normalized spacial score (nSPS) is 26.9. The number of methoxy groups -OCH3 is 1. The number of nitrogens with one attached hydrogen (secondary N) is 1. The molecule has 0 amide bonds. The van der Waals surface area contributed by atoms with Crippen LogP contribution in [0.15, 0.2) is 28.7 Å². The van der Waals surface area contributed by atoms with Crippen LogP contribution >= 0.6 is 15.9 Å². The average Bonchev–Trinajstić information content (AvgIpc) is 2.71. The first-order valence-electron chi connectivity index (χ1n) is 6.20. The highest BCUT2D eigenvalue weighted by molar-refractivity contribution is 9.10. The molecule has 2 rings (SSSR count). The zero-order valence-corrected chi connectivity index (χ0v) is 12.3. The first-order chi connectivity index (χ1) is 8.58. The average molecular weight is 312 g/mol. The van der Waals surface area contributed by atoms with E-state index in [1.54, 1.807) is 0 Å². The Morgan fingerprint density at radius 1 is 1.56 bits per heavy atom. The quantitative estimate of drug-likeness (QED) is 0.867. The summed E-state index contributed by atoms with van der Waals surface area (Å²) < 4.78 is 6.00. The largest absolute Gasteiger partial charge is 0.467 e. The van der Waals surface area contributed by atoms with Gasteiger partial charge in [-0.05, 0) is 37.0 Å². The zero-order valence-electron chi connectivity index (χ0n) is 10.7. The van der Waals surface area contributed by atoms with Crippen LogP contribution < -0.4 is 5.32 Å². The molecule has 1 aromatic rings. The summed E-state index contributed by atoms with van der Waals surface area (Å²) in [5.74, 6) is 0.122. The third kappa shape index (κ3) is 2.39. The minimum Gasteiger partial charge on any atom is -0.467 e. The predicted molar refractivity (Wildman–Crippen MR) is 75.5 cm³/mol. The molecule has 1 aromatic carbocycles. The monoisotopic (exact) mass is 311 g/mol. The summed E-state index contributed by atoms with van der Waals surface area (Å²) >= 11 is 3.44. The SMILES string of the molecule is COC(=O)C1(Nc2cccc(Br)c2)CCCC1C. The Balaban J connectivity index is 2.29. The first kappa shape index (κ1) is 13.4. The van der Waals surface area contributed by atoms with Gasteiger partial charge in [0.15, 0.2) is 0 Å². The van der Waals surface area contributed by atoms with Crippen LogP contribution in [-0.4, -0.2) is 18.6 Å². The predicted octanol–water partition coefficient (Wildman–Crippen LogP) is 3.59. The summed E-state index contributed by atoms with van der Waals surface area (Å²) in [6.07, 6.45) is 2.93. The maximum absolute atomic E-state index is 12.1. The molecule has 1 aliphatic rings. The summed E-state index contributed by atoms with van der Waals surface area (Å²) in [6.45, 7) is 2.11. The van der Waals surface area contributed by atoms with Crippen LogP contribution in [0.5, 0.6) is 0 Å². The van der Waals surface area contributed by atoms with E-state index in [4.69, 9.17) is 4.74 Å². The van der Waals surface area contributed by atoms with Crippen molar-refractivity contribution in [3.8, 4) is 0 Å². The molecule has 0 aliphatic heterocycles. The molecule has 2 unspecified atom stereocenters. The summed E-state index contributed by atoms with van der Waals surface area (Å²) in [4.78, 5) is 12.1.